The fourth-order valence-corrected chi connectivity index (χ4v) is 7.37. The van der Waals surface area contributed by atoms with Gasteiger partial charge in [0.1, 0.15) is 5.52 Å². The maximum atomic E-state index is 13.7. The summed E-state index contributed by atoms with van der Waals surface area (Å²) in [5, 5.41) is 1.10. The lowest BCUT2D eigenvalue weighted by Gasteiger charge is -2.34. The molecule has 2 unspecified atom stereocenters. The number of ether oxygens (including phenoxy) is 1. The van der Waals surface area contributed by atoms with Gasteiger partial charge in [0.2, 0.25) is 10.0 Å². The van der Waals surface area contributed by atoms with Crippen LogP contribution in [0, 0.1) is 0 Å². The Kier molecular flexibility index (Phi) is 8.88. The monoisotopic (exact) mass is 564 g/mol. The van der Waals surface area contributed by atoms with Crippen LogP contribution in [-0.2, 0) is 14.8 Å². The van der Waals surface area contributed by atoms with Gasteiger partial charge in [0, 0.05) is 31.7 Å². The molecule has 1 aliphatic rings. The third-order valence-corrected chi connectivity index (χ3v) is 9.69. The highest BCUT2D eigenvalue weighted by Crippen LogP contribution is 2.33. The van der Waals surface area contributed by atoms with Crippen molar-refractivity contribution in [2.24, 2.45) is 0 Å². The minimum Gasteiger partial charge on any atom is -0.373 e. The summed E-state index contributed by atoms with van der Waals surface area (Å²) < 4.78 is 34.5. The first-order chi connectivity index (χ1) is 17.6. The average molecular weight is 565 g/mol. The summed E-state index contributed by atoms with van der Waals surface area (Å²) in [5.41, 5.74) is 1.06. The van der Waals surface area contributed by atoms with Gasteiger partial charge < -0.3 is 9.64 Å². The lowest BCUT2D eigenvalue weighted by molar-refractivity contribution is -0.0440. The first-order valence-corrected chi connectivity index (χ1v) is 15.1. The minimum absolute atomic E-state index is 0.159. The van der Waals surface area contributed by atoms with Crippen molar-refractivity contribution in [1.82, 2.24) is 14.2 Å². The molecule has 1 fully saturated rings. The van der Waals surface area contributed by atoms with E-state index in [0.29, 0.717) is 47.4 Å². The van der Waals surface area contributed by atoms with Crippen LogP contribution < -0.4 is 4.90 Å². The molecule has 200 valence electrons. The van der Waals surface area contributed by atoms with Crippen LogP contribution in [0.3, 0.4) is 0 Å². The molecular formula is C26H33ClN4O4S2. The molecule has 4 rings (SSSR count). The average Bonchev–Trinajstić information content (AvgIpc) is 3.31. The molecule has 8 nitrogen and oxygen atoms in total. The summed E-state index contributed by atoms with van der Waals surface area (Å²) in [4.78, 5) is 22.4. The van der Waals surface area contributed by atoms with Crippen molar-refractivity contribution in [3.63, 3.8) is 0 Å². The van der Waals surface area contributed by atoms with Crippen LogP contribution in [0.25, 0.3) is 10.2 Å². The molecule has 0 spiro atoms. The van der Waals surface area contributed by atoms with E-state index in [0.717, 1.165) is 17.8 Å². The molecule has 2 heterocycles. The molecule has 2 aromatic carbocycles. The van der Waals surface area contributed by atoms with Gasteiger partial charge in [0.25, 0.3) is 5.91 Å². The molecule has 0 radical (unpaired) electrons. The van der Waals surface area contributed by atoms with Crippen LogP contribution in [0.4, 0.5) is 5.13 Å². The highest BCUT2D eigenvalue weighted by atomic mass is 35.5. The Labute approximate surface area is 227 Å². The van der Waals surface area contributed by atoms with E-state index in [2.05, 4.69) is 23.7 Å². The number of aromatic nitrogens is 1. The standard InChI is InChI=1S/C26H33ClN4O4S2/c1-5-29(6-2)14-15-31(26-28-24-22(27)8-7-9-23(24)36-26)25(32)20-10-12-21(13-11-20)37(33,34)30-16-18(3)35-19(4)17-30/h7-13,18-19H,5-6,14-17H2,1-4H3. The summed E-state index contributed by atoms with van der Waals surface area (Å²) in [7, 11) is -3.70. The molecule has 0 aliphatic carbocycles. The summed E-state index contributed by atoms with van der Waals surface area (Å²) in [5.74, 6) is -0.236. The first kappa shape index (κ1) is 27.9. The summed E-state index contributed by atoms with van der Waals surface area (Å²) >= 11 is 7.76. The number of rotatable bonds is 9. The normalized spacial score (nSPS) is 19.0. The topological polar surface area (TPSA) is 83.1 Å². The van der Waals surface area contributed by atoms with Crippen LogP contribution >= 0.6 is 22.9 Å². The molecular weight excluding hydrogens is 532 g/mol. The number of sulfonamides is 1. The maximum Gasteiger partial charge on any atom is 0.260 e. The van der Waals surface area contributed by atoms with E-state index >= 15 is 0 Å². The molecule has 37 heavy (non-hydrogen) atoms. The molecule has 0 N–H and O–H groups in total. The molecule has 2 atom stereocenters. The second-order valence-electron chi connectivity index (χ2n) is 9.17. The molecule has 1 aromatic heterocycles. The van der Waals surface area contributed by atoms with Gasteiger partial charge >= 0.3 is 0 Å². The predicted molar refractivity (Wildman–Crippen MR) is 149 cm³/mol. The number of morpholine rings is 1. The molecule has 1 amide bonds. The number of nitrogens with zero attached hydrogens (tertiary/aromatic N) is 4. The van der Waals surface area contributed by atoms with Crippen molar-refractivity contribution in [3.05, 3.63) is 53.1 Å². The molecule has 0 bridgehead atoms. The molecule has 1 saturated heterocycles. The lowest BCUT2D eigenvalue weighted by atomic mass is 10.2. The van der Waals surface area contributed by atoms with Crippen LogP contribution in [-0.4, -0.2) is 80.0 Å². The Morgan fingerprint density at radius 3 is 2.32 bits per heavy atom. The molecule has 11 heteroatoms. The number of thiazole rings is 1. The van der Waals surface area contributed by atoms with Crippen LogP contribution in [0.2, 0.25) is 5.02 Å². The number of carbonyl (C=O) groups excluding carboxylic acids is 1. The molecule has 3 aromatic rings. The van der Waals surface area contributed by atoms with Crippen molar-refractivity contribution in [2.75, 3.05) is 44.2 Å². The Bertz CT molecular complexity index is 1330. The van der Waals surface area contributed by atoms with E-state index in [4.69, 9.17) is 16.3 Å². The third-order valence-electron chi connectivity index (χ3n) is 6.49. The van der Waals surface area contributed by atoms with Crippen molar-refractivity contribution in [2.45, 2.75) is 44.8 Å². The third kappa shape index (κ3) is 6.16. The molecule has 0 saturated carbocycles. The second-order valence-corrected chi connectivity index (χ2v) is 12.5. The maximum absolute atomic E-state index is 13.7. The van der Waals surface area contributed by atoms with E-state index in [1.165, 1.54) is 27.8 Å². The van der Waals surface area contributed by atoms with E-state index in [1.54, 1.807) is 23.1 Å². The van der Waals surface area contributed by atoms with E-state index in [-0.39, 0.29) is 23.0 Å². The number of halogens is 1. The summed E-state index contributed by atoms with van der Waals surface area (Å²) in [6.45, 7) is 11.4. The van der Waals surface area contributed by atoms with E-state index < -0.39 is 10.0 Å². The Morgan fingerprint density at radius 1 is 1.08 bits per heavy atom. The number of para-hydroxylation sites is 1. The van der Waals surface area contributed by atoms with Gasteiger partial charge in [-0.2, -0.15) is 4.31 Å². The van der Waals surface area contributed by atoms with Crippen LogP contribution in [0.1, 0.15) is 38.1 Å². The van der Waals surface area contributed by atoms with Crippen LogP contribution in [0.5, 0.6) is 0 Å². The Morgan fingerprint density at radius 2 is 1.73 bits per heavy atom. The number of hydrogen-bond acceptors (Lipinski definition) is 7. The zero-order valence-corrected chi connectivity index (χ0v) is 23.9. The highest BCUT2D eigenvalue weighted by molar-refractivity contribution is 7.89. The summed E-state index contributed by atoms with van der Waals surface area (Å²) in [6.07, 6.45) is -0.359. The van der Waals surface area contributed by atoms with Gasteiger partial charge in [-0.25, -0.2) is 13.4 Å². The van der Waals surface area contributed by atoms with Crippen molar-refractivity contribution in [1.29, 1.82) is 0 Å². The quantitative estimate of drug-likeness (QED) is 0.373. The van der Waals surface area contributed by atoms with E-state index in [1.807, 2.05) is 26.0 Å². The van der Waals surface area contributed by atoms with Gasteiger partial charge in [0.05, 0.1) is 26.8 Å². The van der Waals surface area contributed by atoms with E-state index in [9.17, 15) is 13.2 Å². The van der Waals surface area contributed by atoms with Gasteiger partial charge in [-0.1, -0.05) is 42.9 Å². The van der Waals surface area contributed by atoms with Crippen LogP contribution in [0.15, 0.2) is 47.4 Å². The summed E-state index contributed by atoms with van der Waals surface area (Å²) in [6, 6.07) is 11.7. The largest absolute Gasteiger partial charge is 0.373 e. The predicted octanol–water partition coefficient (Wildman–Crippen LogP) is 4.74. The number of carbonyl (C=O) groups is 1. The first-order valence-electron chi connectivity index (χ1n) is 12.5. The number of benzene rings is 2. The zero-order valence-electron chi connectivity index (χ0n) is 21.6. The minimum atomic E-state index is -3.70. The fourth-order valence-electron chi connectivity index (χ4n) is 4.49. The van der Waals surface area contributed by atoms with Gasteiger partial charge in [-0.05, 0) is 63.3 Å². The van der Waals surface area contributed by atoms with Crippen molar-refractivity contribution in [3.8, 4) is 0 Å². The number of likely N-dealkylation sites (N-methyl/N-ethyl adjacent to an activating group) is 1. The van der Waals surface area contributed by atoms with Crippen molar-refractivity contribution >= 4 is 54.2 Å². The lowest BCUT2D eigenvalue weighted by Crippen LogP contribution is -2.48. The SMILES string of the molecule is CCN(CC)CCN(C(=O)c1ccc(S(=O)(=O)N2CC(C)OC(C)C2)cc1)c1nc2c(Cl)cccc2s1. The Balaban J connectivity index is 1.62. The number of amides is 1. The van der Waals surface area contributed by atoms with Gasteiger partial charge in [0.15, 0.2) is 5.13 Å². The number of hydrogen-bond donors (Lipinski definition) is 0. The highest BCUT2D eigenvalue weighted by Gasteiger charge is 2.32. The zero-order chi connectivity index (χ0) is 26.7. The van der Waals surface area contributed by atoms with Gasteiger partial charge in [-0.15, -0.1) is 0 Å². The van der Waals surface area contributed by atoms with Crippen molar-refractivity contribution < 1.29 is 17.9 Å². The smallest absolute Gasteiger partial charge is 0.260 e. The van der Waals surface area contributed by atoms with Gasteiger partial charge in [-0.3, -0.25) is 9.69 Å². The number of anilines is 1. The Hall–Kier alpha value is -2.08. The number of fused-ring (bicyclic) bond motifs is 1. The fraction of sp³-hybridized carbons (Fsp3) is 0.462. The molecule has 1 aliphatic heterocycles. The second kappa shape index (κ2) is 11.8.